The highest BCUT2D eigenvalue weighted by atomic mass is 19.4. The van der Waals surface area contributed by atoms with E-state index >= 15 is 0 Å². The van der Waals surface area contributed by atoms with E-state index in [1.54, 1.807) is 19.1 Å². The van der Waals surface area contributed by atoms with E-state index < -0.39 is 6.36 Å². The second-order valence-electron chi connectivity index (χ2n) is 3.69. The van der Waals surface area contributed by atoms with Gasteiger partial charge in [-0.05, 0) is 30.0 Å². The van der Waals surface area contributed by atoms with Crippen LogP contribution in [0, 0.1) is 6.92 Å². The highest BCUT2D eigenvalue weighted by Crippen LogP contribution is 2.33. The van der Waals surface area contributed by atoms with Gasteiger partial charge in [0.1, 0.15) is 5.75 Å². The molecule has 0 aliphatic heterocycles. The van der Waals surface area contributed by atoms with E-state index in [1.807, 2.05) is 13.8 Å². The van der Waals surface area contributed by atoms with Gasteiger partial charge in [-0.1, -0.05) is 26.0 Å². The molecule has 0 amide bonds. The standard InChI is InChI=1S/C11H13F3O/c1-7(2)10-8(3)5-4-6-9(10)15-11(12,13)14/h4-7H,1-3H3. The van der Waals surface area contributed by atoms with Gasteiger partial charge in [-0.15, -0.1) is 13.2 Å². The summed E-state index contributed by atoms with van der Waals surface area (Å²) in [5.74, 6) is -0.0962. The summed E-state index contributed by atoms with van der Waals surface area (Å²) in [6, 6.07) is 4.68. The average Bonchev–Trinajstić information content (AvgIpc) is 1.99. The van der Waals surface area contributed by atoms with E-state index in [4.69, 9.17) is 0 Å². The lowest BCUT2D eigenvalue weighted by molar-refractivity contribution is -0.274. The minimum atomic E-state index is -4.63. The van der Waals surface area contributed by atoms with Crippen LogP contribution in [0.2, 0.25) is 0 Å². The zero-order valence-electron chi connectivity index (χ0n) is 8.85. The summed E-state index contributed by atoms with van der Waals surface area (Å²) in [4.78, 5) is 0. The van der Waals surface area contributed by atoms with Crippen molar-refractivity contribution in [2.24, 2.45) is 0 Å². The molecule has 0 spiro atoms. The molecule has 84 valence electrons. The SMILES string of the molecule is Cc1cccc(OC(F)(F)F)c1C(C)C. The lowest BCUT2D eigenvalue weighted by atomic mass is 9.97. The van der Waals surface area contributed by atoms with Crippen LogP contribution in [0.1, 0.15) is 30.9 Å². The smallest absolute Gasteiger partial charge is 0.405 e. The monoisotopic (exact) mass is 218 g/mol. The molecule has 1 nitrogen and oxygen atoms in total. The third-order valence-corrected chi connectivity index (χ3v) is 2.09. The van der Waals surface area contributed by atoms with Crippen LogP contribution >= 0.6 is 0 Å². The third-order valence-electron chi connectivity index (χ3n) is 2.09. The topological polar surface area (TPSA) is 9.23 Å². The lowest BCUT2D eigenvalue weighted by Crippen LogP contribution is -2.18. The molecule has 1 aromatic carbocycles. The fraction of sp³-hybridized carbons (Fsp3) is 0.455. The van der Waals surface area contributed by atoms with Gasteiger partial charge in [0, 0.05) is 0 Å². The van der Waals surface area contributed by atoms with Gasteiger partial charge in [-0.3, -0.25) is 0 Å². The fourth-order valence-electron chi connectivity index (χ4n) is 1.61. The van der Waals surface area contributed by atoms with Crippen LogP contribution in [-0.2, 0) is 0 Å². The third kappa shape index (κ3) is 3.15. The first-order valence-electron chi connectivity index (χ1n) is 4.66. The van der Waals surface area contributed by atoms with Gasteiger partial charge >= 0.3 is 6.36 Å². The first-order valence-corrected chi connectivity index (χ1v) is 4.66. The summed E-state index contributed by atoms with van der Waals surface area (Å²) in [6.07, 6.45) is -4.63. The van der Waals surface area contributed by atoms with Crippen molar-refractivity contribution in [3.05, 3.63) is 29.3 Å². The van der Waals surface area contributed by atoms with Gasteiger partial charge in [0.15, 0.2) is 0 Å². The number of rotatable bonds is 2. The Balaban J connectivity index is 3.12. The molecule has 0 saturated carbocycles. The van der Waals surface area contributed by atoms with Crippen molar-refractivity contribution in [3.63, 3.8) is 0 Å². The second kappa shape index (κ2) is 4.13. The Morgan fingerprint density at radius 1 is 1.20 bits per heavy atom. The van der Waals surface area contributed by atoms with Gasteiger partial charge < -0.3 is 4.74 Å². The van der Waals surface area contributed by atoms with E-state index in [0.717, 1.165) is 5.56 Å². The van der Waals surface area contributed by atoms with Crippen LogP contribution < -0.4 is 4.74 Å². The molecule has 15 heavy (non-hydrogen) atoms. The van der Waals surface area contributed by atoms with Crippen molar-refractivity contribution < 1.29 is 17.9 Å². The summed E-state index contributed by atoms with van der Waals surface area (Å²) in [6.45, 7) is 5.45. The maximum absolute atomic E-state index is 12.1. The van der Waals surface area contributed by atoms with Gasteiger partial charge in [-0.2, -0.15) is 0 Å². The fourth-order valence-corrected chi connectivity index (χ4v) is 1.61. The number of benzene rings is 1. The highest BCUT2D eigenvalue weighted by molar-refractivity contribution is 5.41. The quantitative estimate of drug-likeness (QED) is 0.728. The lowest BCUT2D eigenvalue weighted by Gasteiger charge is -2.17. The van der Waals surface area contributed by atoms with Crippen LogP contribution in [0.15, 0.2) is 18.2 Å². The molecule has 1 aromatic rings. The summed E-state index contributed by atoms with van der Waals surface area (Å²) in [7, 11) is 0. The molecule has 0 radical (unpaired) electrons. The zero-order chi connectivity index (χ0) is 11.6. The van der Waals surface area contributed by atoms with Gasteiger partial charge in [-0.25, -0.2) is 0 Å². The highest BCUT2D eigenvalue weighted by Gasteiger charge is 2.32. The molecular formula is C11H13F3O. The first-order chi connectivity index (χ1) is 6.81. The molecule has 0 heterocycles. The van der Waals surface area contributed by atoms with Crippen molar-refractivity contribution in [3.8, 4) is 5.75 Å². The van der Waals surface area contributed by atoms with Crippen molar-refractivity contribution >= 4 is 0 Å². The molecule has 0 aliphatic carbocycles. The molecule has 0 aromatic heterocycles. The molecule has 0 unspecified atom stereocenters. The predicted molar refractivity (Wildman–Crippen MR) is 52.0 cm³/mol. The molecule has 0 saturated heterocycles. The Morgan fingerprint density at radius 3 is 2.27 bits per heavy atom. The molecule has 0 bridgehead atoms. The van der Waals surface area contributed by atoms with Crippen LogP contribution in [0.4, 0.5) is 13.2 Å². The van der Waals surface area contributed by atoms with Gasteiger partial charge in [0.25, 0.3) is 0 Å². The minimum absolute atomic E-state index is 0.00329. The van der Waals surface area contributed by atoms with E-state index in [0.29, 0.717) is 5.56 Å². The summed E-state index contributed by atoms with van der Waals surface area (Å²) in [5.41, 5.74) is 1.42. The van der Waals surface area contributed by atoms with Crippen LogP contribution in [-0.4, -0.2) is 6.36 Å². The number of aryl methyl sites for hydroxylation is 1. The van der Waals surface area contributed by atoms with Crippen LogP contribution in [0.25, 0.3) is 0 Å². The number of halogens is 3. The molecule has 1 rings (SSSR count). The van der Waals surface area contributed by atoms with Crippen molar-refractivity contribution in [1.82, 2.24) is 0 Å². The van der Waals surface area contributed by atoms with E-state index in [9.17, 15) is 13.2 Å². The Kier molecular flexibility index (Phi) is 3.27. The Bertz CT molecular complexity index is 342. The maximum Gasteiger partial charge on any atom is 0.573 e. The zero-order valence-corrected chi connectivity index (χ0v) is 8.85. The normalized spacial score (nSPS) is 11.9. The van der Waals surface area contributed by atoms with E-state index in [2.05, 4.69) is 4.74 Å². The molecular weight excluding hydrogens is 205 g/mol. The summed E-state index contributed by atoms with van der Waals surface area (Å²) < 4.78 is 40.3. The maximum atomic E-state index is 12.1. The van der Waals surface area contributed by atoms with Crippen molar-refractivity contribution in [2.45, 2.75) is 33.1 Å². The summed E-state index contributed by atoms with van der Waals surface area (Å²) >= 11 is 0. The molecule has 0 atom stereocenters. The number of hydrogen-bond acceptors (Lipinski definition) is 1. The molecule has 0 aliphatic rings. The molecule has 0 fully saturated rings. The number of hydrogen-bond donors (Lipinski definition) is 0. The predicted octanol–water partition coefficient (Wildman–Crippen LogP) is 4.02. The second-order valence-corrected chi connectivity index (χ2v) is 3.69. The average molecular weight is 218 g/mol. The van der Waals surface area contributed by atoms with Crippen molar-refractivity contribution in [1.29, 1.82) is 0 Å². The largest absolute Gasteiger partial charge is 0.573 e. The Hall–Kier alpha value is -1.19. The minimum Gasteiger partial charge on any atom is -0.405 e. The van der Waals surface area contributed by atoms with Crippen LogP contribution in [0.3, 0.4) is 0 Å². The van der Waals surface area contributed by atoms with Gasteiger partial charge in [0.05, 0.1) is 0 Å². The molecule has 0 N–H and O–H groups in total. The number of ether oxygens (including phenoxy) is 1. The van der Waals surface area contributed by atoms with Gasteiger partial charge in [0.2, 0.25) is 0 Å². The van der Waals surface area contributed by atoms with Crippen molar-refractivity contribution in [2.75, 3.05) is 0 Å². The van der Waals surface area contributed by atoms with E-state index in [1.165, 1.54) is 6.07 Å². The number of alkyl halides is 3. The van der Waals surface area contributed by atoms with E-state index in [-0.39, 0.29) is 11.7 Å². The Morgan fingerprint density at radius 2 is 1.80 bits per heavy atom. The first kappa shape index (κ1) is 11.9. The Labute approximate surface area is 86.9 Å². The van der Waals surface area contributed by atoms with Crippen LogP contribution in [0.5, 0.6) is 5.75 Å². The molecule has 4 heteroatoms. The summed E-state index contributed by atoms with van der Waals surface area (Å²) in [5, 5.41) is 0.